The van der Waals surface area contributed by atoms with Gasteiger partial charge in [-0.2, -0.15) is 0 Å². The first-order valence-electron chi connectivity index (χ1n) is 10.6. The fraction of sp³-hybridized carbons (Fsp3) is 0.440. The highest BCUT2D eigenvalue weighted by atomic mass is 16.5. The van der Waals surface area contributed by atoms with Crippen LogP contribution >= 0.6 is 0 Å². The zero-order valence-electron chi connectivity index (χ0n) is 18.4. The summed E-state index contributed by atoms with van der Waals surface area (Å²) in [6.07, 6.45) is 1.50. The molecule has 2 amide bonds. The third kappa shape index (κ3) is 5.62. The molecule has 3 rings (SSSR count). The average Bonchev–Trinajstić information content (AvgIpc) is 2.73. The van der Waals surface area contributed by atoms with Gasteiger partial charge in [-0.1, -0.05) is 56.7 Å². The van der Waals surface area contributed by atoms with Gasteiger partial charge in [-0.3, -0.25) is 9.59 Å². The second kappa shape index (κ2) is 9.33. The van der Waals surface area contributed by atoms with E-state index in [9.17, 15) is 9.59 Å². The minimum atomic E-state index is -0.122. The van der Waals surface area contributed by atoms with Crippen molar-refractivity contribution in [2.45, 2.75) is 52.0 Å². The number of nitrogens with zero attached hydrogens (tertiary/aromatic N) is 1. The Labute approximate surface area is 179 Å². The maximum Gasteiger partial charge on any atom is 0.258 e. The van der Waals surface area contributed by atoms with E-state index in [1.54, 1.807) is 0 Å². The van der Waals surface area contributed by atoms with Gasteiger partial charge in [0, 0.05) is 24.7 Å². The number of nitrogens with one attached hydrogen (secondary N) is 1. The lowest BCUT2D eigenvalue weighted by atomic mass is 9.85. The molecule has 0 atom stereocenters. The molecule has 0 bridgehead atoms. The molecule has 1 N–H and O–H groups in total. The van der Waals surface area contributed by atoms with Crippen LogP contribution < -0.4 is 10.1 Å². The van der Waals surface area contributed by atoms with Gasteiger partial charge in [0.25, 0.3) is 11.8 Å². The number of carbonyl (C=O) groups excluding carboxylic acids is 2. The van der Waals surface area contributed by atoms with Crippen molar-refractivity contribution >= 4 is 11.8 Å². The van der Waals surface area contributed by atoms with E-state index in [2.05, 4.69) is 39.1 Å². The molecule has 0 unspecified atom stereocenters. The van der Waals surface area contributed by atoms with Gasteiger partial charge in [0.05, 0.1) is 0 Å². The van der Waals surface area contributed by atoms with E-state index in [0.717, 1.165) is 24.2 Å². The molecule has 0 radical (unpaired) electrons. The van der Waals surface area contributed by atoms with Crippen LogP contribution in [0.3, 0.4) is 0 Å². The SMILES string of the molecule is Cc1ccc(OCC(=O)NC2CCN(C(=O)c3ccccc3)CC2)c(C(C)(C)C)c1. The van der Waals surface area contributed by atoms with Crippen molar-refractivity contribution in [3.63, 3.8) is 0 Å². The van der Waals surface area contributed by atoms with Crippen LogP contribution in [-0.2, 0) is 10.2 Å². The van der Waals surface area contributed by atoms with Gasteiger partial charge >= 0.3 is 0 Å². The lowest BCUT2D eigenvalue weighted by Crippen LogP contribution is -2.47. The van der Waals surface area contributed by atoms with Gasteiger partial charge in [-0.25, -0.2) is 0 Å². The Morgan fingerprint density at radius 3 is 2.37 bits per heavy atom. The smallest absolute Gasteiger partial charge is 0.258 e. The van der Waals surface area contributed by atoms with Crippen molar-refractivity contribution in [2.24, 2.45) is 0 Å². The van der Waals surface area contributed by atoms with E-state index in [1.807, 2.05) is 47.4 Å². The molecule has 0 saturated carbocycles. The predicted octanol–water partition coefficient (Wildman–Crippen LogP) is 4.09. The molecule has 0 aromatic heterocycles. The Morgan fingerprint density at radius 1 is 1.07 bits per heavy atom. The van der Waals surface area contributed by atoms with Crippen LogP contribution in [0.25, 0.3) is 0 Å². The zero-order valence-corrected chi connectivity index (χ0v) is 18.4. The minimum absolute atomic E-state index is 0.00466. The van der Waals surface area contributed by atoms with Gasteiger partial charge < -0.3 is 15.0 Å². The first kappa shape index (κ1) is 21.9. The summed E-state index contributed by atoms with van der Waals surface area (Å²) in [7, 11) is 0. The number of likely N-dealkylation sites (tertiary alicyclic amines) is 1. The fourth-order valence-corrected chi connectivity index (χ4v) is 3.76. The Kier molecular flexibility index (Phi) is 6.80. The van der Waals surface area contributed by atoms with Crippen LogP contribution in [0.1, 0.15) is 55.1 Å². The zero-order chi connectivity index (χ0) is 21.7. The van der Waals surface area contributed by atoms with Gasteiger partial charge in [0.2, 0.25) is 0 Å². The Balaban J connectivity index is 1.49. The molecular weight excluding hydrogens is 376 g/mol. The maximum atomic E-state index is 12.5. The van der Waals surface area contributed by atoms with E-state index in [-0.39, 0.29) is 29.9 Å². The van der Waals surface area contributed by atoms with Crippen LogP contribution in [0.15, 0.2) is 48.5 Å². The normalized spacial score (nSPS) is 15.0. The first-order valence-corrected chi connectivity index (χ1v) is 10.6. The second-order valence-corrected chi connectivity index (χ2v) is 9.04. The number of rotatable bonds is 5. The summed E-state index contributed by atoms with van der Waals surface area (Å²) in [6, 6.07) is 15.5. The Bertz CT molecular complexity index is 879. The van der Waals surface area contributed by atoms with Crippen molar-refractivity contribution < 1.29 is 14.3 Å². The van der Waals surface area contributed by atoms with Gasteiger partial charge in [0.15, 0.2) is 6.61 Å². The van der Waals surface area contributed by atoms with Crippen LogP contribution in [0.5, 0.6) is 5.75 Å². The summed E-state index contributed by atoms with van der Waals surface area (Å²) in [5.41, 5.74) is 2.92. The fourth-order valence-electron chi connectivity index (χ4n) is 3.76. The number of hydrogen-bond donors (Lipinski definition) is 1. The molecule has 1 aliphatic heterocycles. The monoisotopic (exact) mass is 408 g/mol. The maximum absolute atomic E-state index is 12.5. The highest BCUT2D eigenvalue weighted by Crippen LogP contribution is 2.32. The number of benzene rings is 2. The van der Waals surface area contributed by atoms with Crippen LogP contribution in [0, 0.1) is 6.92 Å². The number of aryl methyl sites for hydroxylation is 1. The molecule has 1 aliphatic rings. The number of ether oxygens (including phenoxy) is 1. The quantitative estimate of drug-likeness (QED) is 0.811. The number of hydrogen-bond acceptors (Lipinski definition) is 3. The highest BCUT2D eigenvalue weighted by Gasteiger charge is 2.25. The van der Waals surface area contributed by atoms with Crippen LogP contribution in [0.4, 0.5) is 0 Å². The summed E-state index contributed by atoms with van der Waals surface area (Å²) in [6.45, 7) is 9.75. The van der Waals surface area contributed by atoms with Gasteiger partial charge in [-0.15, -0.1) is 0 Å². The summed E-state index contributed by atoms with van der Waals surface area (Å²) >= 11 is 0. The number of piperidine rings is 1. The molecule has 1 saturated heterocycles. The van der Waals surface area contributed by atoms with Crippen LogP contribution in [-0.4, -0.2) is 42.5 Å². The molecule has 0 aliphatic carbocycles. The van der Waals surface area contributed by atoms with Crippen molar-refractivity contribution in [2.75, 3.05) is 19.7 Å². The third-order valence-electron chi connectivity index (χ3n) is 5.47. The van der Waals surface area contributed by atoms with E-state index >= 15 is 0 Å². The summed E-state index contributed by atoms with van der Waals surface area (Å²) in [5.74, 6) is 0.688. The molecule has 2 aromatic rings. The summed E-state index contributed by atoms with van der Waals surface area (Å²) < 4.78 is 5.86. The number of amides is 2. The average molecular weight is 409 g/mol. The molecule has 1 heterocycles. The van der Waals surface area contributed by atoms with E-state index in [1.165, 1.54) is 5.56 Å². The second-order valence-electron chi connectivity index (χ2n) is 9.04. The largest absolute Gasteiger partial charge is 0.483 e. The van der Waals surface area contributed by atoms with E-state index in [4.69, 9.17) is 4.74 Å². The number of carbonyl (C=O) groups is 2. The minimum Gasteiger partial charge on any atom is -0.483 e. The Morgan fingerprint density at radius 2 is 1.73 bits per heavy atom. The lowest BCUT2D eigenvalue weighted by Gasteiger charge is -2.32. The van der Waals surface area contributed by atoms with E-state index in [0.29, 0.717) is 18.7 Å². The van der Waals surface area contributed by atoms with Crippen molar-refractivity contribution in [1.29, 1.82) is 0 Å². The molecule has 160 valence electrons. The summed E-state index contributed by atoms with van der Waals surface area (Å²) in [4.78, 5) is 26.8. The molecule has 0 spiro atoms. The molecule has 2 aromatic carbocycles. The van der Waals surface area contributed by atoms with E-state index < -0.39 is 0 Å². The Hall–Kier alpha value is -2.82. The van der Waals surface area contributed by atoms with Crippen molar-refractivity contribution in [1.82, 2.24) is 10.2 Å². The van der Waals surface area contributed by atoms with Crippen LogP contribution in [0.2, 0.25) is 0 Å². The topological polar surface area (TPSA) is 58.6 Å². The molecular formula is C25H32N2O3. The highest BCUT2D eigenvalue weighted by molar-refractivity contribution is 5.94. The van der Waals surface area contributed by atoms with Crippen molar-refractivity contribution in [3.8, 4) is 5.75 Å². The molecule has 30 heavy (non-hydrogen) atoms. The standard InChI is InChI=1S/C25H32N2O3/c1-18-10-11-22(21(16-18)25(2,3)4)30-17-23(28)26-20-12-14-27(15-13-20)24(29)19-8-6-5-7-9-19/h5-11,16,20H,12-15,17H2,1-4H3,(H,26,28). The first-order chi connectivity index (χ1) is 14.2. The third-order valence-corrected chi connectivity index (χ3v) is 5.47. The molecule has 5 heteroatoms. The molecule has 1 fully saturated rings. The molecule has 5 nitrogen and oxygen atoms in total. The van der Waals surface area contributed by atoms with Crippen molar-refractivity contribution in [3.05, 3.63) is 65.2 Å². The predicted molar refractivity (Wildman–Crippen MR) is 119 cm³/mol. The summed E-state index contributed by atoms with van der Waals surface area (Å²) in [5, 5.41) is 3.06. The lowest BCUT2D eigenvalue weighted by molar-refractivity contribution is -0.124. The van der Waals surface area contributed by atoms with Gasteiger partial charge in [-0.05, 0) is 48.9 Å². The van der Waals surface area contributed by atoms with Gasteiger partial charge in [0.1, 0.15) is 5.75 Å².